The van der Waals surface area contributed by atoms with Crippen molar-refractivity contribution >= 4 is 5.97 Å². The van der Waals surface area contributed by atoms with Crippen LogP contribution >= 0.6 is 0 Å². The highest BCUT2D eigenvalue weighted by atomic mass is 16.5. The lowest BCUT2D eigenvalue weighted by Crippen LogP contribution is -2.13. The summed E-state index contributed by atoms with van der Waals surface area (Å²) in [5, 5.41) is 13.5. The number of esters is 1. The minimum atomic E-state index is -0.821. The third-order valence-corrected chi connectivity index (χ3v) is 3.71. The summed E-state index contributed by atoms with van der Waals surface area (Å²) in [5.74, 6) is -0.562. The Bertz CT molecular complexity index is 939. The first-order valence-corrected chi connectivity index (χ1v) is 7.91. The molecule has 0 bridgehead atoms. The fourth-order valence-electron chi connectivity index (χ4n) is 2.49. The molecule has 0 aliphatic rings. The van der Waals surface area contributed by atoms with Crippen LogP contribution < -0.4 is 0 Å². The van der Waals surface area contributed by atoms with Gasteiger partial charge in [0, 0.05) is 11.8 Å². The second kappa shape index (κ2) is 7.02. The summed E-state index contributed by atoms with van der Waals surface area (Å²) in [6.07, 6.45) is 0.817. The highest BCUT2D eigenvalue weighted by Crippen LogP contribution is 2.25. The van der Waals surface area contributed by atoms with Gasteiger partial charge in [0.2, 0.25) is 0 Å². The maximum absolute atomic E-state index is 12.5. The van der Waals surface area contributed by atoms with E-state index < -0.39 is 12.1 Å². The van der Waals surface area contributed by atoms with Gasteiger partial charge in [-0.3, -0.25) is 0 Å². The van der Waals surface area contributed by atoms with Gasteiger partial charge in [-0.15, -0.1) is 0 Å². The molecular formula is C20H17N3O2. The van der Waals surface area contributed by atoms with E-state index in [1.165, 1.54) is 6.92 Å². The van der Waals surface area contributed by atoms with Crippen LogP contribution in [-0.2, 0) is 4.74 Å². The van der Waals surface area contributed by atoms with Crippen molar-refractivity contribution in [1.82, 2.24) is 9.78 Å². The SMILES string of the molecule is Cc1cccc(-c2nn(-c3ccccc3)cc2C(=O)O[C@H](C)C#N)c1. The van der Waals surface area contributed by atoms with Gasteiger partial charge >= 0.3 is 5.97 Å². The highest BCUT2D eigenvalue weighted by molar-refractivity contribution is 5.96. The molecule has 5 heteroatoms. The number of hydrogen-bond donors (Lipinski definition) is 0. The topological polar surface area (TPSA) is 67.9 Å². The van der Waals surface area contributed by atoms with Crippen LogP contribution in [0.3, 0.4) is 0 Å². The quantitative estimate of drug-likeness (QED) is 0.680. The van der Waals surface area contributed by atoms with Crippen LogP contribution in [0.2, 0.25) is 0 Å². The molecule has 0 N–H and O–H groups in total. The number of hydrogen-bond acceptors (Lipinski definition) is 4. The molecule has 0 saturated carbocycles. The molecule has 1 atom stereocenters. The molecule has 124 valence electrons. The number of carbonyl (C=O) groups is 1. The Hall–Kier alpha value is -3.39. The van der Waals surface area contributed by atoms with Crippen molar-refractivity contribution in [3.8, 4) is 23.0 Å². The molecule has 0 fully saturated rings. The number of rotatable bonds is 4. The molecule has 0 saturated heterocycles. The largest absolute Gasteiger partial charge is 0.444 e. The zero-order chi connectivity index (χ0) is 17.8. The van der Waals surface area contributed by atoms with Gasteiger partial charge in [-0.25, -0.2) is 9.48 Å². The average molecular weight is 331 g/mol. The predicted octanol–water partition coefficient (Wildman–Crippen LogP) is 3.92. The number of benzene rings is 2. The summed E-state index contributed by atoms with van der Waals surface area (Å²) in [5.41, 5.74) is 3.59. The van der Waals surface area contributed by atoms with Gasteiger partial charge in [0.25, 0.3) is 0 Å². The highest BCUT2D eigenvalue weighted by Gasteiger charge is 2.21. The van der Waals surface area contributed by atoms with Crippen LogP contribution in [0.25, 0.3) is 16.9 Å². The lowest BCUT2D eigenvalue weighted by Gasteiger charge is -2.06. The fourth-order valence-corrected chi connectivity index (χ4v) is 2.49. The van der Waals surface area contributed by atoms with Gasteiger partial charge in [-0.1, -0.05) is 42.0 Å². The van der Waals surface area contributed by atoms with Crippen molar-refractivity contribution in [3.63, 3.8) is 0 Å². The number of aromatic nitrogens is 2. The zero-order valence-electron chi connectivity index (χ0n) is 14.0. The first kappa shape index (κ1) is 16.5. The molecule has 1 aromatic heterocycles. The second-order valence-electron chi connectivity index (χ2n) is 5.72. The summed E-state index contributed by atoms with van der Waals surface area (Å²) in [6, 6.07) is 19.2. The molecule has 25 heavy (non-hydrogen) atoms. The Balaban J connectivity index is 2.10. The maximum atomic E-state index is 12.5. The monoisotopic (exact) mass is 331 g/mol. The lowest BCUT2D eigenvalue weighted by atomic mass is 10.1. The van der Waals surface area contributed by atoms with Crippen LogP contribution in [0.4, 0.5) is 0 Å². The van der Waals surface area contributed by atoms with E-state index in [0.717, 1.165) is 16.8 Å². The molecule has 1 heterocycles. The molecule has 0 aliphatic carbocycles. The van der Waals surface area contributed by atoms with E-state index in [1.807, 2.05) is 67.6 Å². The van der Waals surface area contributed by atoms with E-state index in [1.54, 1.807) is 10.9 Å². The van der Waals surface area contributed by atoms with E-state index in [-0.39, 0.29) is 0 Å². The van der Waals surface area contributed by atoms with Gasteiger partial charge in [-0.2, -0.15) is 10.4 Å². The van der Waals surface area contributed by atoms with E-state index in [2.05, 4.69) is 5.10 Å². The molecule has 0 unspecified atom stereocenters. The second-order valence-corrected chi connectivity index (χ2v) is 5.72. The van der Waals surface area contributed by atoms with Crippen LogP contribution in [0.15, 0.2) is 60.8 Å². The molecule has 3 rings (SSSR count). The predicted molar refractivity (Wildman–Crippen MR) is 94.2 cm³/mol. The third kappa shape index (κ3) is 3.59. The Kier molecular flexibility index (Phi) is 4.62. The molecule has 3 aromatic rings. The Morgan fingerprint density at radius 2 is 1.96 bits per heavy atom. The first-order valence-electron chi connectivity index (χ1n) is 7.91. The minimum absolute atomic E-state index is 0.330. The van der Waals surface area contributed by atoms with Gasteiger partial charge in [0.15, 0.2) is 6.10 Å². The van der Waals surface area contributed by atoms with Crippen molar-refractivity contribution < 1.29 is 9.53 Å². The number of nitrogens with zero attached hydrogens (tertiary/aromatic N) is 3. The first-order chi connectivity index (χ1) is 12.1. The number of para-hydroxylation sites is 1. The Morgan fingerprint density at radius 3 is 2.64 bits per heavy atom. The van der Waals surface area contributed by atoms with Gasteiger partial charge < -0.3 is 4.74 Å². The molecule has 0 amide bonds. The Morgan fingerprint density at radius 1 is 1.20 bits per heavy atom. The van der Waals surface area contributed by atoms with Crippen molar-refractivity contribution in [3.05, 3.63) is 71.9 Å². The number of carbonyl (C=O) groups excluding carboxylic acids is 1. The van der Waals surface area contributed by atoms with Crippen molar-refractivity contribution in [1.29, 1.82) is 5.26 Å². The number of ether oxygens (including phenoxy) is 1. The summed E-state index contributed by atoms with van der Waals surface area (Å²) >= 11 is 0. The molecule has 0 radical (unpaired) electrons. The van der Waals surface area contributed by atoms with Crippen LogP contribution in [0.1, 0.15) is 22.8 Å². The van der Waals surface area contributed by atoms with Gasteiger partial charge in [-0.05, 0) is 32.0 Å². The van der Waals surface area contributed by atoms with E-state index in [4.69, 9.17) is 10.00 Å². The lowest BCUT2D eigenvalue weighted by molar-refractivity contribution is 0.0436. The van der Waals surface area contributed by atoms with Gasteiger partial charge in [0.05, 0.1) is 5.69 Å². The molecular weight excluding hydrogens is 314 g/mol. The normalized spacial score (nSPS) is 11.6. The van der Waals surface area contributed by atoms with E-state index in [0.29, 0.717) is 11.3 Å². The molecule has 0 spiro atoms. The van der Waals surface area contributed by atoms with Gasteiger partial charge in [0.1, 0.15) is 17.3 Å². The zero-order valence-corrected chi connectivity index (χ0v) is 14.0. The summed E-state index contributed by atoms with van der Waals surface area (Å²) in [7, 11) is 0. The van der Waals surface area contributed by atoms with Crippen LogP contribution in [-0.4, -0.2) is 21.9 Å². The maximum Gasteiger partial charge on any atom is 0.343 e. The standard InChI is InChI=1S/C20H17N3O2/c1-14-7-6-8-16(11-14)19-18(20(24)25-15(2)12-21)13-23(22-19)17-9-4-3-5-10-17/h3-11,13,15H,1-2H3/t15-/m1/s1. The van der Waals surface area contributed by atoms with E-state index >= 15 is 0 Å². The average Bonchev–Trinajstić information content (AvgIpc) is 3.08. The number of aryl methyl sites for hydroxylation is 1. The minimum Gasteiger partial charge on any atom is -0.444 e. The van der Waals surface area contributed by atoms with Crippen molar-refractivity contribution in [2.24, 2.45) is 0 Å². The van der Waals surface area contributed by atoms with Crippen molar-refractivity contribution in [2.75, 3.05) is 0 Å². The smallest absolute Gasteiger partial charge is 0.343 e. The number of nitriles is 1. The summed E-state index contributed by atoms with van der Waals surface area (Å²) < 4.78 is 6.82. The van der Waals surface area contributed by atoms with E-state index in [9.17, 15) is 4.79 Å². The molecule has 5 nitrogen and oxygen atoms in total. The molecule has 2 aromatic carbocycles. The fraction of sp³-hybridized carbons (Fsp3) is 0.150. The van der Waals surface area contributed by atoms with Crippen LogP contribution in [0, 0.1) is 18.3 Å². The molecule has 0 aliphatic heterocycles. The third-order valence-electron chi connectivity index (χ3n) is 3.71. The summed E-state index contributed by atoms with van der Waals surface area (Å²) in [4.78, 5) is 12.5. The summed E-state index contributed by atoms with van der Waals surface area (Å²) in [6.45, 7) is 3.51. The van der Waals surface area contributed by atoms with Crippen LogP contribution in [0.5, 0.6) is 0 Å². The Labute approximate surface area is 146 Å². The van der Waals surface area contributed by atoms with Crippen molar-refractivity contribution in [2.45, 2.75) is 20.0 Å².